The molecule has 1 atom stereocenters. The zero-order valence-electron chi connectivity index (χ0n) is 19.6. The molecule has 0 bridgehead atoms. The second-order valence-corrected chi connectivity index (χ2v) is 12.9. The normalized spacial score (nSPS) is 12.9. The molecular formula is C25H25ClF3NO4S2. The van der Waals surface area contributed by atoms with Gasteiger partial charge in [0.1, 0.15) is 27.3 Å². The highest BCUT2D eigenvalue weighted by molar-refractivity contribution is 7.92. The second kappa shape index (κ2) is 11.2. The summed E-state index contributed by atoms with van der Waals surface area (Å²) in [4.78, 5) is -0.208. The van der Waals surface area contributed by atoms with Crippen LogP contribution in [0.1, 0.15) is 37.4 Å². The Morgan fingerprint density at radius 3 is 2.14 bits per heavy atom. The van der Waals surface area contributed by atoms with Crippen molar-refractivity contribution in [2.45, 2.75) is 37.6 Å². The van der Waals surface area contributed by atoms with Crippen molar-refractivity contribution in [2.75, 3.05) is 15.8 Å². The van der Waals surface area contributed by atoms with E-state index in [1.807, 2.05) is 0 Å². The van der Waals surface area contributed by atoms with Crippen molar-refractivity contribution in [1.82, 2.24) is 0 Å². The van der Waals surface area contributed by atoms with Gasteiger partial charge in [-0.3, -0.25) is 4.31 Å². The molecule has 3 aromatic rings. The van der Waals surface area contributed by atoms with Crippen molar-refractivity contribution in [2.24, 2.45) is 0 Å². The van der Waals surface area contributed by atoms with E-state index in [0.29, 0.717) is 11.1 Å². The molecule has 0 aliphatic heterocycles. The number of halogens is 4. The molecule has 5 nitrogen and oxygen atoms in total. The molecule has 0 aromatic heterocycles. The quantitative estimate of drug-likeness (QED) is 0.302. The summed E-state index contributed by atoms with van der Waals surface area (Å²) >= 11 is 5.89. The molecule has 0 aliphatic carbocycles. The van der Waals surface area contributed by atoms with E-state index in [9.17, 15) is 30.0 Å². The van der Waals surface area contributed by atoms with Gasteiger partial charge in [0.2, 0.25) is 0 Å². The van der Waals surface area contributed by atoms with Gasteiger partial charge in [0, 0.05) is 16.8 Å². The fourth-order valence-corrected chi connectivity index (χ4v) is 6.51. The maximum absolute atomic E-state index is 14.9. The van der Waals surface area contributed by atoms with Crippen molar-refractivity contribution in [1.29, 1.82) is 0 Å². The SMILES string of the molecule is CCS(=O)(=O)CCCc1cc(F)ccc1[C@@H](C)N(c1cc(F)ccc1F)S(=O)(=O)c1ccc(Cl)cc1. The summed E-state index contributed by atoms with van der Waals surface area (Å²) in [7, 11) is -7.72. The Balaban J connectivity index is 2.14. The first-order valence-electron chi connectivity index (χ1n) is 11.1. The molecule has 11 heteroatoms. The lowest BCUT2D eigenvalue weighted by Crippen LogP contribution is -2.35. The Hall–Kier alpha value is -2.56. The molecule has 36 heavy (non-hydrogen) atoms. The number of benzene rings is 3. The van der Waals surface area contributed by atoms with Gasteiger partial charge in [0.05, 0.1) is 22.4 Å². The van der Waals surface area contributed by atoms with Crippen molar-refractivity contribution in [3.05, 3.63) is 94.3 Å². The molecule has 0 spiro atoms. The summed E-state index contributed by atoms with van der Waals surface area (Å²) in [5, 5.41) is 0.285. The lowest BCUT2D eigenvalue weighted by atomic mass is 9.97. The summed E-state index contributed by atoms with van der Waals surface area (Å²) in [6.07, 6.45) is 0.314. The smallest absolute Gasteiger partial charge is 0.256 e. The van der Waals surface area contributed by atoms with Gasteiger partial charge in [-0.1, -0.05) is 24.6 Å². The predicted molar refractivity (Wildman–Crippen MR) is 135 cm³/mol. The first-order valence-corrected chi connectivity index (χ1v) is 14.7. The van der Waals surface area contributed by atoms with Gasteiger partial charge in [-0.15, -0.1) is 0 Å². The Kier molecular flexibility index (Phi) is 8.74. The van der Waals surface area contributed by atoms with E-state index in [0.717, 1.165) is 28.6 Å². The van der Waals surface area contributed by atoms with Crippen molar-refractivity contribution in [3.63, 3.8) is 0 Å². The average molecular weight is 560 g/mol. The first-order chi connectivity index (χ1) is 16.9. The molecule has 0 aliphatic rings. The average Bonchev–Trinajstić information content (AvgIpc) is 2.81. The van der Waals surface area contributed by atoms with Crippen LogP contribution >= 0.6 is 11.6 Å². The van der Waals surface area contributed by atoms with E-state index in [1.54, 1.807) is 0 Å². The molecule has 3 aromatic carbocycles. The van der Waals surface area contributed by atoms with Crippen LogP contribution in [0, 0.1) is 17.5 Å². The van der Waals surface area contributed by atoms with E-state index < -0.39 is 49.0 Å². The fourth-order valence-electron chi connectivity index (χ4n) is 3.87. The predicted octanol–water partition coefficient (Wildman–Crippen LogP) is 6.08. The standard InChI is InChI=1S/C25H25ClF3NO4S2/c1-3-35(31,32)14-4-5-18-15-20(27)8-12-23(18)17(2)30(25-16-21(28)9-13-24(25)29)36(33,34)22-10-6-19(26)7-11-22/h6-13,15-17H,3-5,14H2,1-2H3/t17-/m1/s1. The highest BCUT2D eigenvalue weighted by Crippen LogP contribution is 2.37. The number of nitrogens with zero attached hydrogens (tertiary/aromatic N) is 1. The van der Waals surface area contributed by atoms with E-state index in [4.69, 9.17) is 11.6 Å². The number of anilines is 1. The van der Waals surface area contributed by atoms with Crippen molar-refractivity contribution >= 4 is 37.1 Å². The van der Waals surface area contributed by atoms with Crippen LogP contribution in [0.5, 0.6) is 0 Å². The third kappa shape index (κ3) is 6.41. The number of hydrogen-bond donors (Lipinski definition) is 0. The second-order valence-electron chi connectivity index (χ2n) is 8.21. The Morgan fingerprint density at radius 2 is 1.50 bits per heavy atom. The summed E-state index contributed by atoms with van der Waals surface area (Å²) in [5.74, 6) is -2.58. The lowest BCUT2D eigenvalue weighted by molar-refractivity contribution is 0.569. The monoisotopic (exact) mass is 559 g/mol. The highest BCUT2D eigenvalue weighted by atomic mass is 35.5. The van der Waals surface area contributed by atoms with Crippen LogP contribution in [0.2, 0.25) is 5.02 Å². The van der Waals surface area contributed by atoms with Crippen LogP contribution in [0.3, 0.4) is 0 Å². The minimum atomic E-state index is -4.45. The summed E-state index contributed by atoms with van der Waals surface area (Å²) in [5.41, 5.74) is 0.162. The molecular weight excluding hydrogens is 535 g/mol. The maximum atomic E-state index is 14.9. The lowest BCUT2D eigenvalue weighted by Gasteiger charge is -2.32. The topological polar surface area (TPSA) is 71.5 Å². The van der Waals surface area contributed by atoms with Crippen LogP contribution in [-0.2, 0) is 26.3 Å². The van der Waals surface area contributed by atoms with Gasteiger partial charge in [0.15, 0.2) is 0 Å². The molecule has 0 N–H and O–H groups in total. The van der Waals surface area contributed by atoms with Gasteiger partial charge < -0.3 is 0 Å². The number of sulfone groups is 1. The summed E-state index contributed by atoms with van der Waals surface area (Å²) in [6, 6.07) is 10.3. The number of rotatable bonds is 10. The minimum Gasteiger partial charge on any atom is -0.256 e. The minimum absolute atomic E-state index is 0.0363. The van der Waals surface area contributed by atoms with Crippen molar-refractivity contribution in [3.8, 4) is 0 Å². The third-order valence-corrected chi connectivity index (χ3v) is 9.71. The van der Waals surface area contributed by atoms with Crippen LogP contribution < -0.4 is 4.31 Å². The summed E-state index contributed by atoms with van der Waals surface area (Å²) < 4.78 is 95.2. The van der Waals surface area contributed by atoms with Crippen LogP contribution in [0.25, 0.3) is 0 Å². The van der Waals surface area contributed by atoms with Crippen molar-refractivity contribution < 1.29 is 30.0 Å². The highest BCUT2D eigenvalue weighted by Gasteiger charge is 2.33. The molecule has 0 fully saturated rings. The van der Waals surface area contributed by atoms with E-state index in [2.05, 4.69) is 0 Å². The zero-order valence-corrected chi connectivity index (χ0v) is 22.0. The molecule has 194 valence electrons. The Morgan fingerprint density at radius 1 is 0.889 bits per heavy atom. The first kappa shape index (κ1) is 28.0. The summed E-state index contributed by atoms with van der Waals surface area (Å²) in [6.45, 7) is 3.00. The molecule has 3 rings (SSSR count). The third-order valence-electron chi connectivity index (χ3n) is 5.76. The molecule has 0 amide bonds. The molecule has 0 saturated carbocycles. The van der Waals surface area contributed by atoms with Gasteiger partial charge >= 0.3 is 0 Å². The van der Waals surface area contributed by atoms with Gasteiger partial charge in [0.25, 0.3) is 10.0 Å². The van der Waals surface area contributed by atoms with Crippen LogP contribution in [0.15, 0.2) is 65.6 Å². The van der Waals surface area contributed by atoms with Crippen LogP contribution in [-0.4, -0.2) is 28.3 Å². The van der Waals surface area contributed by atoms with Gasteiger partial charge in [-0.25, -0.2) is 30.0 Å². The number of hydrogen-bond acceptors (Lipinski definition) is 4. The molecule has 0 unspecified atom stereocenters. The van der Waals surface area contributed by atoms with E-state index in [-0.39, 0.29) is 34.3 Å². The molecule has 0 radical (unpaired) electrons. The Labute approximate surface area is 214 Å². The van der Waals surface area contributed by atoms with Crippen LogP contribution in [0.4, 0.5) is 18.9 Å². The number of aryl methyl sites for hydroxylation is 1. The zero-order chi connectivity index (χ0) is 26.7. The molecule has 0 heterocycles. The molecule has 0 saturated heterocycles. The van der Waals surface area contributed by atoms with Gasteiger partial charge in [-0.2, -0.15) is 0 Å². The number of sulfonamides is 1. The Bertz CT molecular complexity index is 1450. The fraction of sp³-hybridized carbons (Fsp3) is 0.280. The van der Waals surface area contributed by atoms with E-state index >= 15 is 0 Å². The van der Waals surface area contributed by atoms with Gasteiger partial charge in [-0.05, 0) is 79.4 Å². The van der Waals surface area contributed by atoms with E-state index in [1.165, 1.54) is 50.2 Å². The maximum Gasteiger partial charge on any atom is 0.264 e. The largest absolute Gasteiger partial charge is 0.264 e.